The van der Waals surface area contributed by atoms with E-state index in [0.717, 1.165) is 0 Å². The average Bonchev–Trinajstić information content (AvgIpc) is 2.62. The third-order valence-corrected chi connectivity index (χ3v) is 3.14. The zero-order valence-electron chi connectivity index (χ0n) is 12.8. The van der Waals surface area contributed by atoms with Gasteiger partial charge in [0.05, 0.1) is 11.6 Å². The monoisotopic (exact) mass is 316 g/mol. The Balaban J connectivity index is 1.86. The molecule has 3 aromatic rings. The number of nitriles is 1. The number of aromatic nitrogens is 4. The van der Waals surface area contributed by atoms with Gasteiger partial charge in [-0.3, -0.25) is 15.1 Å². The van der Waals surface area contributed by atoms with Crippen molar-refractivity contribution in [3.8, 4) is 17.6 Å². The average molecular weight is 316 g/mol. The molecule has 24 heavy (non-hydrogen) atoms. The second-order valence-electron chi connectivity index (χ2n) is 4.89. The Morgan fingerprint density at radius 2 is 1.88 bits per heavy atom. The minimum Gasteiger partial charge on any atom is -0.290 e. The number of amides is 1. The normalized spacial score (nSPS) is 10.0. The molecule has 2 aromatic heterocycles. The zero-order chi connectivity index (χ0) is 16.9. The number of aryl methyl sites for hydroxylation is 1. The van der Waals surface area contributed by atoms with Crippen LogP contribution in [-0.4, -0.2) is 25.8 Å². The van der Waals surface area contributed by atoms with Crippen LogP contribution in [0.1, 0.15) is 21.7 Å². The molecule has 0 fully saturated rings. The largest absolute Gasteiger partial charge is 0.290 e. The van der Waals surface area contributed by atoms with E-state index in [0.29, 0.717) is 28.5 Å². The smallest absolute Gasteiger partial charge is 0.258 e. The SMILES string of the molecule is Cc1nc(NC(=O)c2ccc(C#N)cc2)nc(-c2ccccn2)n1. The van der Waals surface area contributed by atoms with Crippen LogP contribution in [-0.2, 0) is 0 Å². The van der Waals surface area contributed by atoms with Gasteiger partial charge in [0.1, 0.15) is 11.5 Å². The Morgan fingerprint density at radius 3 is 2.54 bits per heavy atom. The molecule has 0 aliphatic heterocycles. The number of carbonyl (C=O) groups is 1. The maximum atomic E-state index is 12.3. The van der Waals surface area contributed by atoms with Crippen molar-refractivity contribution in [3.05, 3.63) is 65.6 Å². The number of rotatable bonds is 3. The summed E-state index contributed by atoms with van der Waals surface area (Å²) in [7, 11) is 0. The summed E-state index contributed by atoms with van der Waals surface area (Å²) in [5.41, 5.74) is 1.49. The molecule has 3 rings (SSSR count). The lowest BCUT2D eigenvalue weighted by Gasteiger charge is -2.06. The lowest BCUT2D eigenvalue weighted by atomic mass is 10.1. The van der Waals surface area contributed by atoms with Gasteiger partial charge in [-0.25, -0.2) is 4.98 Å². The maximum Gasteiger partial charge on any atom is 0.258 e. The van der Waals surface area contributed by atoms with Crippen LogP contribution in [0, 0.1) is 18.3 Å². The summed E-state index contributed by atoms with van der Waals surface area (Å²) >= 11 is 0. The first-order valence-electron chi connectivity index (χ1n) is 7.11. The second-order valence-corrected chi connectivity index (χ2v) is 4.89. The van der Waals surface area contributed by atoms with E-state index in [9.17, 15) is 4.79 Å². The number of nitrogens with zero attached hydrogens (tertiary/aromatic N) is 5. The molecule has 0 bridgehead atoms. The van der Waals surface area contributed by atoms with E-state index < -0.39 is 0 Å². The highest BCUT2D eigenvalue weighted by Crippen LogP contribution is 2.13. The van der Waals surface area contributed by atoms with Crippen LogP contribution in [0.2, 0.25) is 0 Å². The molecule has 0 spiro atoms. The van der Waals surface area contributed by atoms with Crippen LogP contribution in [0.15, 0.2) is 48.7 Å². The van der Waals surface area contributed by atoms with Crippen molar-refractivity contribution >= 4 is 11.9 Å². The summed E-state index contributed by atoms with van der Waals surface area (Å²) in [6.45, 7) is 1.71. The molecule has 7 nitrogen and oxygen atoms in total. The van der Waals surface area contributed by atoms with Crippen LogP contribution >= 0.6 is 0 Å². The van der Waals surface area contributed by atoms with Crippen molar-refractivity contribution in [2.45, 2.75) is 6.92 Å². The van der Waals surface area contributed by atoms with Crippen molar-refractivity contribution in [3.63, 3.8) is 0 Å². The third-order valence-electron chi connectivity index (χ3n) is 3.14. The molecular weight excluding hydrogens is 304 g/mol. The first kappa shape index (κ1) is 15.2. The fourth-order valence-corrected chi connectivity index (χ4v) is 2.02. The lowest BCUT2D eigenvalue weighted by molar-refractivity contribution is 0.102. The van der Waals surface area contributed by atoms with Gasteiger partial charge in [0.15, 0.2) is 5.82 Å². The number of pyridine rings is 1. The van der Waals surface area contributed by atoms with Crippen molar-refractivity contribution in [2.75, 3.05) is 5.32 Å². The van der Waals surface area contributed by atoms with Gasteiger partial charge in [-0.2, -0.15) is 15.2 Å². The molecule has 0 aliphatic rings. The summed E-state index contributed by atoms with van der Waals surface area (Å²) in [5, 5.41) is 11.4. The van der Waals surface area contributed by atoms with Crippen LogP contribution in [0.4, 0.5) is 5.95 Å². The topological polar surface area (TPSA) is 104 Å². The van der Waals surface area contributed by atoms with Crippen molar-refractivity contribution in [1.29, 1.82) is 5.26 Å². The van der Waals surface area contributed by atoms with E-state index in [2.05, 4.69) is 25.3 Å². The van der Waals surface area contributed by atoms with Crippen LogP contribution in [0.5, 0.6) is 0 Å². The molecule has 0 aliphatic carbocycles. The molecule has 0 saturated carbocycles. The molecule has 1 N–H and O–H groups in total. The van der Waals surface area contributed by atoms with E-state index in [1.54, 1.807) is 49.5 Å². The Labute approximate surface area is 138 Å². The first-order chi connectivity index (χ1) is 11.7. The van der Waals surface area contributed by atoms with Gasteiger partial charge in [0.2, 0.25) is 5.95 Å². The summed E-state index contributed by atoms with van der Waals surface area (Å²) in [5.74, 6) is 0.647. The minimum atomic E-state index is -0.364. The van der Waals surface area contributed by atoms with Gasteiger partial charge in [0.25, 0.3) is 5.91 Å². The van der Waals surface area contributed by atoms with E-state index in [-0.39, 0.29) is 11.9 Å². The second kappa shape index (κ2) is 6.62. The highest BCUT2D eigenvalue weighted by molar-refractivity contribution is 6.03. The standard InChI is InChI=1S/C17H12N6O/c1-11-20-15(14-4-2-3-9-19-14)22-17(21-11)23-16(24)13-7-5-12(10-18)6-8-13/h2-9H,1H3,(H,20,21,22,23,24). The fraction of sp³-hybridized carbons (Fsp3) is 0.0588. The van der Waals surface area contributed by atoms with Gasteiger partial charge >= 0.3 is 0 Å². The lowest BCUT2D eigenvalue weighted by Crippen LogP contribution is -2.15. The minimum absolute atomic E-state index is 0.150. The molecule has 7 heteroatoms. The predicted octanol–water partition coefficient (Wildman–Crippen LogP) is 2.37. The molecule has 1 aromatic carbocycles. The number of hydrogen-bond donors (Lipinski definition) is 1. The van der Waals surface area contributed by atoms with Gasteiger partial charge in [0, 0.05) is 11.8 Å². The molecule has 1 amide bonds. The van der Waals surface area contributed by atoms with Gasteiger partial charge in [-0.15, -0.1) is 0 Å². The van der Waals surface area contributed by atoms with Crippen LogP contribution < -0.4 is 5.32 Å². The molecule has 116 valence electrons. The summed E-state index contributed by atoms with van der Waals surface area (Å²) in [4.78, 5) is 29.0. The number of benzene rings is 1. The molecule has 0 saturated heterocycles. The van der Waals surface area contributed by atoms with Crippen molar-refractivity contribution in [1.82, 2.24) is 19.9 Å². The highest BCUT2D eigenvalue weighted by Gasteiger charge is 2.11. The molecule has 0 atom stereocenters. The Kier molecular flexibility index (Phi) is 4.21. The predicted molar refractivity (Wildman–Crippen MR) is 86.9 cm³/mol. The Morgan fingerprint density at radius 1 is 1.08 bits per heavy atom. The number of nitrogens with one attached hydrogen (secondary N) is 1. The molecular formula is C17H12N6O. The van der Waals surface area contributed by atoms with Crippen LogP contribution in [0.25, 0.3) is 11.5 Å². The molecule has 2 heterocycles. The fourth-order valence-electron chi connectivity index (χ4n) is 2.02. The van der Waals surface area contributed by atoms with E-state index in [4.69, 9.17) is 5.26 Å². The number of hydrogen-bond acceptors (Lipinski definition) is 6. The summed E-state index contributed by atoms with van der Waals surface area (Å²) in [6.07, 6.45) is 1.64. The Hall–Kier alpha value is -3.66. The van der Waals surface area contributed by atoms with Gasteiger partial charge < -0.3 is 0 Å². The van der Waals surface area contributed by atoms with Crippen molar-refractivity contribution < 1.29 is 4.79 Å². The van der Waals surface area contributed by atoms with Crippen molar-refractivity contribution in [2.24, 2.45) is 0 Å². The number of carbonyl (C=O) groups excluding carboxylic acids is 1. The summed E-state index contributed by atoms with van der Waals surface area (Å²) in [6, 6.07) is 13.7. The van der Waals surface area contributed by atoms with E-state index >= 15 is 0 Å². The quantitative estimate of drug-likeness (QED) is 0.795. The molecule has 0 radical (unpaired) electrons. The first-order valence-corrected chi connectivity index (χ1v) is 7.11. The highest BCUT2D eigenvalue weighted by atomic mass is 16.1. The third kappa shape index (κ3) is 3.39. The van der Waals surface area contributed by atoms with Gasteiger partial charge in [-0.05, 0) is 43.3 Å². The number of anilines is 1. The van der Waals surface area contributed by atoms with Gasteiger partial charge in [-0.1, -0.05) is 6.07 Å². The van der Waals surface area contributed by atoms with Crippen LogP contribution in [0.3, 0.4) is 0 Å². The molecule has 0 unspecified atom stereocenters. The maximum absolute atomic E-state index is 12.3. The van der Waals surface area contributed by atoms with E-state index in [1.807, 2.05) is 12.1 Å². The summed E-state index contributed by atoms with van der Waals surface area (Å²) < 4.78 is 0. The zero-order valence-corrected chi connectivity index (χ0v) is 12.8. The van der Waals surface area contributed by atoms with E-state index in [1.165, 1.54) is 0 Å². The Bertz CT molecular complexity index is 916.